The van der Waals surface area contributed by atoms with Gasteiger partial charge >= 0.3 is 11.9 Å². The average Bonchev–Trinajstić information content (AvgIpc) is 2.35. The van der Waals surface area contributed by atoms with Crippen LogP contribution in [0.2, 0.25) is 0 Å². The fraction of sp³-hybridized carbons (Fsp3) is 0.286. The van der Waals surface area contributed by atoms with Gasteiger partial charge < -0.3 is 9.47 Å². The molecule has 1 aromatic carbocycles. The number of esters is 2. The highest BCUT2D eigenvalue weighted by Gasteiger charge is 2.24. The van der Waals surface area contributed by atoms with Gasteiger partial charge in [-0.2, -0.15) is 0 Å². The van der Waals surface area contributed by atoms with E-state index in [0.29, 0.717) is 5.56 Å². The molecule has 0 heterocycles. The van der Waals surface area contributed by atoms with Crippen molar-refractivity contribution in [2.24, 2.45) is 0 Å². The summed E-state index contributed by atoms with van der Waals surface area (Å²) >= 11 is 0. The first kappa shape index (κ1) is 14.0. The van der Waals surface area contributed by atoms with Crippen LogP contribution in [0.15, 0.2) is 36.4 Å². The van der Waals surface area contributed by atoms with E-state index in [0.717, 1.165) is 5.56 Å². The van der Waals surface area contributed by atoms with E-state index >= 15 is 0 Å². The Bertz CT molecular complexity index is 459. The van der Waals surface area contributed by atoms with Gasteiger partial charge in [0.1, 0.15) is 0 Å². The Morgan fingerprint density at radius 3 is 2.22 bits per heavy atom. The maximum Gasteiger partial charge on any atom is 0.337 e. The quantitative estimate of drug-likeness (QED) is 0.606. The number of carbonyl (C=O) groups is 2. The number of aryl methyl sites for hydroxylation is 1. The van der Waals surface area contributed by atoms with E-state index in [1.165, 1.54) is 14.0 Å². The van der Waals surface area contributed by atoms with Gasteiger partial charge in [0.05, 0.1) is 12.7 Å². The van der Waals surface area contributed by atoms with Crippen LogP contribution in [-0.2, 0) is 19.1 Å². The lowest BCUT2D eigenvalue weighted by Crippen LogP contribution is -2.17. The second-order valence-electron chi connectivity index (χ2n) is 3.92. The van der Waals surface area contributed by atoms with Crippen molar-refractivity contribution in [1.82, 2.24) is 0 Å². The predicted octanol–water partition coefficient (Wildman–Crippen LogP) is 2.33. The lowest BCUT2D eigenvalue weighted by Gasteiger charge is -2.18. The zero-order chi connectivity index (χ0) is 13.7. The number of hydrogen-bond acceptors (Lipinski definition) is 4. The molecule has 0 saturated heterocycles. The first-order valence-electron chi connectivity index (χ1n) is 5.46. The van der Waals surface area contributed by atoms with E-state index in [1.54, 1.807) is 12.1 Å². The molecule has 1 atom stereocenters. The Kier molecular flexibility index (Phi) is 4.66. The van der Waals surface area contributed by atoms with Crippen LogP contribution in [-0.4, -0.2) is 19.0 Å². The molecule has 0 radical (unpaired) electrons. The van der Waals surface area contributed by atoms with Crippen molar-refractivity contribution >= 4 is 11.9 Å². The van der Waals surface area contributed by atoms with E-state index in [1.807, 2.05) is 19.1 Å². The van der Waals surface area contributed by atoms with E-state index in [-0.39, 0.29) is 5.57 Å². The molecular formula is C14H16O4. The minimum atomic E-state index is -0.810. The van der Waals surface area contributed by atoms with Crippen molar-refractivity contribution < 1.29 is 19.1 Å². The van der Waals surface area contributed by atoms with Crippen molar-refractivity contribution in [3.8, 4) is 0 Å². The summed E-state index contributed by atoms with van der Waals surface area (Å²) in [6.45, 7) is 6.85. The number of methoxy groups -OCH3 is 1. The van der Waals surface area contributed by atoms with E-state index in [4.69, 9.17) is 4.74 Å². The molecule has 18 heavy (non-hydrogen) atoms. The van der Waals surface area contributed by atoms with Crippen LogP contribution in [0.25, 0.3) is 0 Å². The monoisotopic (exact) mass is 248 g/mol. The predicted molar refractivity (Wildman–Crippen MR) is 66.8 cm³/mol. The van der Waals surface area contributed by atoms with Crippen molar-refractivity contribution in [3.63, 3.8) is 0 Å². The Hall–Kier alpha value is -2.10. The van der Waals surface area contributed by atoms with E-state index in [2.05, 4.69) is 11.3 Å². The number of hydrogen-bond donors (Lipinski definition) is 0. The molecule has 0 N–H and O–H groups in total. The van der Waals surface area contributed by atoms with E-state index in [9.17, 15) is 9.59 Å². The Labute approximate surface area is 106 Å². The highest BCUT2D eigenvalue weighted by Crippen LogP contribution is 2.26. The first-order valence-corrected chi connectivity index (χ1v) is 5.46. The normalized spacial score (nSPS) is 11.5. The van der Waals surface area contributed by atoms with Crippen LogP contribution in [0, 0.1) is 6.92 Å². The van der Waals surface area contributed by atoms with Crippen LogP contribution in [0.3, 0.4) is 0 Å². The maximum absolute atomic E-state index is 11.5. The lowest BCUT2D eigenvalue weighted by atomic mass is 10.0. The third-order valence-corrected chi connectivity index (χ3v) is 2.43. The van der Waals surface area contributed by atoms with Gasteiger partial charge in [-0.25, -0.2) is 4.79 Å². The molecule has 4 heteroatoms. The summed E-state index contributed by atoms with van der Waals surface area (Å²) in [7, 11) is 1.26. The molecule has 0 aromatic heterocycles. The third kappa shape index (κ3) is 3.45. The van der Waals surface area contributed by atoms with Gasteiger partial charge in [0.25, 0.3) is 0 Å². The summed E-state index contributed by atoms with van der Waals surface area (Å²) < 4.78 is 9.71. The lowest BCUT2D eigenvalue weighted by molar-refractivity contribution is -0.147. The maximum atomic E-state index is 11.5. The molecule has 0 spiro atoms. The second kappa shape index (κ2) is 6.00. The van der Waals surface area contributed by atoms with Gasteiger partial charge in [0, 0.05) is 6.92 Å². The highest BCUT2D eigenvalue weighted by atomic mass is 16.6. The minimum Gasteiger partial charge on any atom is -0.466 e. The largest absolute Gasteiger partial charge is 0.466 e. The van der Waals surface area contributed by atoms with Gasteiger partial charge in [0.15, 0.2) is 6.10 Å². The smallest absolute Gasteiger partial charge is 0.337 e. The number of benzene rings is 1. The molecule has 4 nitrogen and oxygen atoms in total. The fourth-order valence-corrected chi connectivity index (χ4v) is 1.49. The van der Waals surface area contributed by atoms with E-state index < -0.39 is 18.0 Å². The number of carbonyl (C=O) groups excluding carboxylic acids is 2. The molecule has 0 aliphatic carbocycles. The number of rotatable bonds is 4. The molecule has 0 aliphatic rings. The van der Waals surface area contributed by atoms with Crippen LogP contribution < -0.4 is 0 Å². The zero-order valence-electron chi connectivity index (χ0n) is 10.7. The molecule has 0 bridgehead atoms. The Morgan fingerprint density at radius 2 is 1.78 bits per heavy atom. The fourth-order valence-electron chi connectivity index (χ4n) is 1.49. The van der Waals surface area contributed by atoms with Crippen LogP contribution in [0.1, 0.15) is 24.2 Å². The third-order valence-electron chi connectivity index (χ3n) is 2.43. The van der Waals surface area contributed by atoms with Crippen molar-refractivity contribution in [3.05, 3.63) is 47.5 Å². The Morgan fingerprint density at radius 1 is 1.22 bits per heavy atom. The van der Waals surface area contributed by atoms with Gasteiger partial charge in [-0.1, -0.05) is 36.4 Å². The van der Waals surface area contributed by atoms with Gasteiger partial charge in [-0.05, 0) is 12.5 Å². The molecular weight excluding hydrogens is 232 g/mol. The minimum absolute atomic E-state index is 0.0940. The van der Waals surface area contributed by atoms with Crippen molar-refractivity contribution in [2.75, 3.05) is 7.11 Å². The molecule has 0 unspecified atom stereocenters. The topological polar surface area (TPSA) is 52.6 Å². The molecule has 1 aromatic rings. The molecule has 0 saturated carbocycles. The van der Waals surface area contributed by atoms with Crippen molar-refractivity contribution in [2.45, 2.75) is 20.0 Å². The zero-order valence-corrected chi connectivity index (χ0v) is 10.7. The molecule has 0 fully saturated rings. The molecule has 0 amide bonds. The van der Waals surface area contributed by atoms with Crippen LogP contribution in [0.4, 0.5) is 0 Å². The summed E-state index contributed by atoms with van der Waals surface area (Å²) in [6.07, 6.45) is -0.810. The van der Waals surface area contributed by atoms with Gasteiger partial charge in [-0.15, -0.1) is 0 Å². The average molecular weight is 248 g/mol. The molecule has 96 valence electrons. The highest BCUT2D eigenvalue weighted by molar-refractivity contribution is 5.89. The summed E-state index contributed by atoms with van der Waals surface area (Å²) in [5, 5.41) is 0. The molecule has 0 aliphatic heterocycles. The number of ether oxygens (including phenoxy) is 2. The first-order chi connectivity index (χ1) is 8.45. The van der Waals surface area contributed by atoms with Crippen molar-refractivity contribution in [1.29, 1.82) is 0 Å². The summed E-state index contributed by atoms with van der Waals surface area (Å²) in [4.78, 5) is 22.6. The SMILES string of the molecule is C=C(C(=O)OC)[C@@H](OC(C)=O)c1ccc(C)cc1. The van der Waals surface area contributed by atoms with Gasteiger partial charge in [0.2, 0.25) is 0 Å². The van der Waals surface area contributed by atoms with Crippen LogP contribution >= 0.6 is 0 Å². The summed E-state index contributed by atoms with van der Waals surface area (Å²) in [6, 6.07) is 7.32. The molecule has 1 rings (SSSR count). The van der Waals surface area contributed by atoms with Crippen LogP contribution in [0.5, 0.6) is 0 Å². The standard InChI is InChI=1S/C14H16O4/c1-9-5-7-12(8-6-9)13(18-11(3)15)10(2)14(16)17-4/h5-8,13H,2H2,1,3-4H3/t13-/m1/s1. The van der Waals surface area contributed by atoms with Gasteiger partial charge in [-0.3, -0.25) is 4.79 Å². The Balaban J connectivity index is 3.05. The second-order valence-corrected chi connectivity index (χ2v) is 3.92. The summed E-state index contributed by atoms with van der Waals surface area (Å²) in [5.74, 6) is -1.08. The summed E-state index contributed by atoms with van der Waals surface area (Å²) in [5.41, 5.74) is 1.85.